The molecule has 0 radical (unpaired) electrons. The molecule has 0 fully saturated rings. The molecule has 3 rings (SSSR count). The number of aromatic nitrogens is 4. The van der Waals surface area contributed by atoms with Crippen LogP contribution in [0.4, 0.5) is 4.39 Å². The molecule has 0 saturated carbocycles. The molecule has 1 atom stereocenters. The van der Waals surface area contributed by atoms with Crippen LogP contribution in [0.5, 0.6) is 0 Å². The summed E-state index contributed by atoms with van der Waals surface area (Å²) in [5, 5.41) is 12.2. The van der Waals surface area contributed by atoms with E-state index in [0.29, 0.717) is 23.5 Å². The number of carbonyl (C=O) groups excluding carboxylic acids is 1. The Morgan fingerprint density at radius 2 is 2.00 bits per heavy atom. The van der Waals surface area contributed by atoms with Gasteiger partial charge < -0.3 is 10.3 Å². The molecule has 0 unspecified atom stereocenters. The molecule has 8 heteroatoms. The highest BCUT2D eigenvalue weighted by Crippen LogP contribution is 2.17. The lowest BCUT2D eigenvalue weighted by atomic mass is 10.0. The highest BCUT2D eigenvalue weighted by Gasteiger charge is 2.12. The molecule has 136 valence electrons. The minimum Gasteiger partial charge on any atom is -0.364 e. The van der Waals surface area contributed by atoms with Crippen molar-refractivity contribution in [2.24, 2.45) is 5.73 Å². The Morgan fingerprint density at radius 1 is 1.19 bits per heavy atom. The van der Waals surface area contributed by atoms with E-state index < -0.39 is 0 Å². The number of nitrogens with zero attached hydrogens (tertiary/aromatic N) is 4. The second-order valence-corrected chi connectivity index (χ2v) is 6.05. The first-order valence-electron chi connectivity index (χ1n) is 8.51. The SMILES string of the molecule is N[C@@H](CCCCCC(=O)c1ccon1)c1cnn(-c2ccc(F)cc2)n1. The van der Waals surface area contributed by atoms with E-state index >= 15 is 0 Å². The number of ketones is 1. The number of Topliss-reactive ketones (excluding diaryl/α,β-unsaturated/α-hetero) is 1. The Bertz CT molecular complexity index is 830. The molecule has 0 aliphatic carbocycles. The number of halogens is 1. The Labute approximate surface area is 150 Å². The lowest BCUT2D eigenvalue weighted by Crippen LogP contribution is -2.11. The van der Waals surface area contributed by atoms with Crippen LogP contribution >= 0.6 is 0 Å². The van der Waals surface area contributed by atoms with Gasteiger partial charge in [-0.15, -0.1) is 0 Å². The van der Waals surface area contributed by atoms with Crippen molar-refractivity contribution in [2.45, 2.75) is 38.1 Å². The van der Waals surface area contributed by atoms with Gasteiger partial charge in [0.05, 0.1) is 23.6 Å². The van der Waals surface area contributed by atoms with Gasteiger partial charge in [-0.05, 0) is 37.1 Å². The van der Waals surface area contributed by atoms with Gasteiger partial charge in [-0.3, -0.25) is 4.79 Å². The molecule has 0 bridgehead atoms. The minimum atomic E-state index is -0.306. The first kappa shape index (κ1) is 17.9. The van der Waals surface area contributed by atoms with Crippen LogP contribution in [-0.4, -0.2) is 25.9 Å². The average Bonchev–Trinajstić information content (AvgIpc) is 3.34. The largest absolute Gasteiger partial charge is 0.364 e. The molecule has 0 amide bonds. The van der Waals surface area contributed by atoms with Gasteiger partial charge in [-0.1, -0.05) is 18.0 Å². The lowest BCUT2D eigenvalue weighted by Gasteiger charge is -2.07. The third kappa shape index (κ3) is 4.60. The van der Waals surface area contributed by atoms with Crippen molar-refractivity contribution in [3.05, 3.63) is 60.0 Å². The number of rotatable bonds is 9. The van der Waals surface area contributed by atoms with Gasteiger partial charge in [0.15, 0.2) is 5.78 Å². The fraction of sp³-hybridized carbons (Fsp3) is 0.333. The van der Waals surface area contributed by atoms with Crippen molar-refractivity contribution >= 4 is 5.78 Å². The quantitative estimate of drug-likeness (QED) is 0.466. The molecule has 26 heavy (non-hydrogen) atoms. The molecule has 2 aromatic heterocycles. The summed E-state index contributed by atoms with van der Waals surface area (Å²) in [6.07, 6.45) is 6.77. The summed E-state index contributed by atoms with van der Waals surface area (Å²) in [7, 11) is 0. The van der Waals surface area contributed by atoms with E-state index in [1.165, 1.54) is 23.2 Å². The Morgan fingerprint density at radius 3 is 2.73 bits per heavy atom. The zero-order chi connectivity index (χ0) is 18.4. The van der Waals surface area contributed by atoms with Gasteiger partial charge in [-0.2, -0.15) is 15.0 Å². The number of hydrogen-bond donors (Lipinski definition) is 1. The smallest absolute Gasteiger partial charge is 0.184 e. The first-order chi connectivity index (χ1) is 12.6. The summed E-state index contributed by atoms with van der Waals surface area (Å²) in [5.74, 6) is -0.315. The lowest BCUT2D eigenvalue weighted by molar-refractivity contribution is 0.0970. The topological polar surface area (TPSA) is 99.8 Å². The van der Waals surface area contributed by atoms with Gasteiger partial charge >= 0.3 is 0 Å². The molecule has 3 aromatic rings. The Kier molecular flexibility index (Phi) is 5.85. The highest BCUT2D eigenvalue weighted by molar-refractivity contribution is 5.93. The van der Waals surface area contributed by atoms with Crippen LogP contribution in [0, 0.1) is 5.82 Å². The summed E-state index contributed by atoms with van der Waals surface area (Å²) < 4.78 is 17.6. The summed E-state index contributed by atoms with van der Waals surface area (Å²) >= 11 is 0. The van der Waals surface area contributed by atoms with E-state index in [-0.39, 0.29) is 17.6 Å². The molecular weight excluding hydrogens is 337 g/mol. The van der Waals surface area contributed by atoms with Crippen LogP contribution in [0.25, 0.3) is 5.69 Å². The maximum absolute atomic E-state index is 13.0. The Hall–Kier alpha value is -2.87. The average molecular weight is 357 g/mol. The van der Waals surface area contributed by atoms with Crippen molar-refractivity contribution in [3.8, 4) is 5.69 Å². The van der Waals surface area contributed by atoms with Gasteiger partial charge in [0.25, 0.3) is 0 Å². The van der Waals surface area contributed by atoms with E-state index in [1.54, 1.807) is 24.4 Å². The second kappa shape index (κ2) is 8.48. The van der Waals surface area contributed by atoms with Crippen molar-refractivity contribution in [1.29, 1.82) is 0 Å². The molecule has 0 aliphatic heterocycles. The van der Waals surface area contributed by atoms with Crippen LogP contribution in [0.1, 0.15) is 54.3 Å². The monoisotopic (exact) mass is 357 g/mol. The first-order valence-corrected chi connectivity index (χ1v) is 8.51. The zero-order valence-electron chi connectivity index (χ0n) is 14.2. The van der Waals surface area contributed by atoms with Crippen molar-refractivity contribution < 1.29 is 13.7 Å². The van der Waals surface area contributed by atoms with Crippen LogP contribution in [-0.2, 0) is 0 Å². The number of hydrogen-bond acceptors (Lipinski definition) is 6. The van der Waals surface area contributed by atoms with Crippen LogP contribution in [0.3, 0.4) is 0 Å². The standard InChI is InChI=1S/C18H20FN5O2/c19-13-6-8-14(9-7-13)24-21-12-17(22-24)15(20)4-2-1-3-5-18(25)16-10-11-26-23-16/h6-12,15H,1-5,20H2/t15-/m0/s1. The van der Waals surface area contributed by atoms with Gasteiger partial charge in [0.1, 0.15) is 17.8 Å². The summed E-state index contributed by atoms with van der Waals surface area (Å²) in [6, 6.07) is 7.28. The molecule has 0 aliphatic rings. The van der Waals surface area contributed by atoms with E-state index in [4.69, 9.17) is 5.73 Å². The third-order valence-corrected chi connectivity index (χ3v) is 4.09. The maximum atomic E-state index is 13.0. The van der Waals surface area contributed by atoms with Crippen molar-refractivity contribution in [3.63, 3.8) is 0 Å². The number of carbonyl (C=O) groups is 1. The van der Waals surface area contributed by atoms with E-state index in [9.17, 15) is 9.18 Å². The minimum absolute atomic E-state index is 0.00899. The Balaban J connectivity index is 1.42. The van der Waals surface area contributed by atoms with Crippen LogP contribution in [0.2, 0.25) is 0 Å². The van der Waals surface area contributed by atoms with E-state index in [1.807, 2.05) is 0 Å². The molecule has 0 saturated heterocycles. The molecule has 1 aromatic carbocycles. The van der Waals surface area contributed by atoms with Gasteiger partial charge in [0.2, 0.25) is 0 Å². The maximum Gasteiger partial charge on any atom is 0.184 e. The highest BCUT2D eigenvalue weighted by atomic mass is 19.1. The fourth-order valence-electron chi connectivity index (χ4n) is 2.60. The molecule has 7 nitrogen and oxygen atoms in total. The zero-order valence-corrected chi connectivity index (χ0v) is 14.2. The van der Waals surface area contributed by atoms with Gasteiger partial charge in [0, 0.05) is 12.5 Å². The molecule has 2 N–H and O–H groups in total. The second-order valence-electron chi connectivity index (χ2n) is 6.05. The van der Waals surface area contributed by atoms with Crippen LogP contribution in [0.15, 0.2) is 47.3 Å². The molecule has 0 spiro atoms. The summed E-state index contributed by atoms with van der Waals surface area (Å²) in [4.78, 5) is 13.2. The van der Waals surface area contributed by atoms with Crippen LogP contribution < -0.4 is 5.73 Å². The molecular formula is C18H20FN5O2. The van der Waals surface area contributed by atoms with Gasteiger partial charge in [-0.25, -0.2) is 4.39 Å². The van der Waals surface area contributed by atoms with E-state index in [2.05, 4.69) is 19.9 Å². The predicted octanol–water partition coefficient (Wildman–Crippen LogP) is 3.23. The summed E-state index contributed by atoms with van der Waals surface area (Å²) in [6.45, 7) is 0. The number of nitrogens with two attached hydrogens (primary N) is 1. The summed E-state index contributed by atoms with van der Waals surface area (Å²) in [5.41, 5.74) is 7.90. The predicted molar refractivity (Wildman–Crippen MR) is 92.2 cm³/mol. The number of unbranched alkanes of at least 4 members (excludes halogenated alkanes) is 2. The fourth-order valence-corrected chi connectivity index (χ4v) is 2.60. The number of benzene rings is 1. The third-order valence-electron chi connectivity index (χ3n) is 4.09. The normalized spacial score (nSPS) is 12.2. The molecule has 2 heterocycles. The van der Waals surface area contributed by atoms with Crippen molar-refractivity contribution in [2.75, 3.05) is 0 Å². The van der Waals surface area contributed by atoms with Crippen molar-refractivity contribution in [1.82, 2.24) is 20.2 Å². The van der Waals surface area contributed by atoms with E-state index in [0.717, 1.165) is 25.7 Å².